The maximum absolute atomic E-state index is 9.50. The summed E-state index contributed by atoms with van der Waals surface area (Å²) >= 11 is 0. The molecule has 1 aromatic carbocycles. The average molecular weight is 220 g/mol. The van der Waals surface area contributed by atoms with Gasteiger partial charge in [0.2, 0.25) is 0 Å². The van der Waals surface area contributed by atoms with Crippen molar-refractivity contribution in [2.24, 2.45) is 0 Å². The van der Waals surface area contributed by atoms with Crippen molar-refractivity contribution in [3.8, 4) is 11.5 Å². The minimum atomic E-state index is 0.0953. The Bertz CT molecular complexity index is 358. The summed E-state index contributed by atoms with van der Waals surface area (Å²) in [6.07, 6.45) is 4.24. The fourth-order valence-electron chi connectivity index (χ4n) is 1.10. The molecule has 0 saturated heterocycles. The van der Waals surface area contributed by atoms with E-state index in [1.54, 1.807) is 30.4 Å². The van der Waals surface area contributed by atoms with Gasteiger partial charge in [-0.15, -0.1) is 6.58 Å². The van der Waals surface area contributed by atoms with Crippen molar-refractivity contribution in [2.45, 2.75) is 6.42 Å². The Kier molecular flexibility index (Phi) is 5.16. The highest BCUT2D eigenvalue weighted by Gasteiger charge is 2.02. The Morgan fingerprint density at radius 3 is 2.81 bits per heavy atom. The number of phenols is 1. The molecular formula is C13H16O3. The predicted octanol–water partition coefficient (Wildman–Crippen LogP) is 2.96. The van der Waals surface area contributed by atoms with E-state index in [1.165, 1.54) is 0 Å². The second kappa shape index (κ2) is 6.69. The minimum Gasteiger partial charge on any atom is -0.504 e. The first-order chi connectivity index (χ1) is 7.77. The molecule has 0 heterocycles. The molecule has 0 spiro atoms. The third-order valence-corrected chi connectivity index (χ3v) is 1.98. The van der Waals surface area contributed by atoms with Gasteiger partial charge >= 0.3 is 0 Å². The molecule has 16 heavy (non-hydrogen) atoms. The van der Waals surface area contributed by atoms with Crippen LogP contribution in [0.1, 0.15) is 12.0 Å². The smallest absolute Gasteiger partial charge is 0.189 e. The van der Waals surface area contributed by atoms with Crippen LogP contribution >= 0.6 is 0 Å². The highest BCUT2D eigenvalue weighted by Crippen LogP contribution is 2.27. The van der Waals surface area contributed by atoms with Gasteiger partial charge in [-0.05, 0) is 24.1 Å². The van der Waals surface area contributed by atoms with Crippen LogP contribution < -0.4 is 4.74 Å². The minimum absolute atomic E-state index is 0.0953. The third-order valence-electron chi connectivity index (χ3n) is 1.98. The second-order valence-corrected chi connectivity index (χ2v) is 3.18. The number of phenolic OH excluding ortho intramolecular Hbond substituents is 1. The molecule has 86 valence electrons. The molecule has 3 nitrogen and oxygen atoms in total. The Labute approximate surface area is 95.6 Å². The summed E-state index contributed by atoms with van der Waals surface area (Å²) in [5.41, 5.74) is 0.888. The van der Waals surface area contributed by atoms with E-state index in [0.717, 1.165) is 12.0 Å². The summed E-state index contributed by atoms with van der Waals surface area (Å²) in [6.45, 7) is 7.90. The quantitative estimate of drug-likeness (QED) is 0.436. The third kappa shape index (κ3) is 3.79. The summed E-state index contributed by atoms with van der Waals surface area (Å²) in [6, 6.07) is 5.03. The molecule has 0 aliphatic heterocycles. The van der Waals surface area contributed by atoms with Crippen molar-refractivity contribution in [2.75, 3.05) is 13.4 Å². The summed E-state index contributed by atoms with van der Waals surface area (Å²) in [5, 5.41) is 9.50. The normalized spacial score (nSPS) is 9.75. The van der Waals surface area contributed by atoms with Crippen LogP contribution in [-0.2, 0) is 4.74 Å². The molecule has 0 unspecified atom stereocenters. The number of ether oxygens (including phenoxy) is 2. The lowest BCUT2D eigenvalue weighted by Gasteiger charge is -2.08. The number of aromatic hydroxyl groups is 1. The predicted molar refractivity (Wildman–Crippen MR) is 64.5 cm³/mol. The van der Waals surface area contributed by atoms with Gasteiger partial charge in [0.1, 0.15) is 0 Å². The Balaban J connectivity index is 2.46. The van der Waals surface area contributed by atoms with Crippen LogP contribution in [0, 0.1) is 0 Å². The topological polar surface area (TPSA) is 38.7 Å². The van der Waals surface area contributed by atoms with E-state index in [0.29, 0.717) is 12.4 Å². The van der Waals surface area contributed by atoms with Crippen LogP contribution in [0.5, 0.6) is 11.5 Å². The van der Waals surface area contributed by atoms with Crippen molar-refractivity contribution >= 4 is 6.08 Å². The molecule has 0 aliphatic rings. The molecule has 0 atom stereocenters. The standard InChI is InChI=1S/C13H16O3/c1-3-5-8-15-10-16-13-9-11(4-2)6-7-12(13)14/h3-4,6-7,9,14H,1-2,5,8,10H2. The van der Waals surface area contributed by atoms with Crippen molar-refractivity contribution < 1.29 is 14.6 Å². The van der Waals surface area contributed by atoms with Gasteiger partial charge < -0.3 is 14.6 Å². The van der Waals surface area contributed by atoms with E-state index < -0.39 is 0 Å². The number of hydrogen-bond acceptors (Lipinski definition) is 3. The lowest BCUT2D eigenvalue weighted by Crippen LogP contribution is -2.03. The highest BCUT2D eigenvalue weighted by molar-refractivity contribution is 5.53. The van der Waals surface area contributed by atoms with Crippen molar-refractivity contribution in [3.63, 3.8) is 0 Å². The van der Waals surface area contributed by atoms with E-state index in [4.69, 9.17) is 9.47 Å². The summed E-state index contributed by atoms with van der Waals surface area (Å²) in [4.78, 5) is 0. The van der Waals surface area contributed by atoms with Gasteiger partial charge in [0.05, 0.1) is 6.61 Å². The van der Waals surface area contributed by atoms with Gasteiger partial charge in [0.15, 0.2) is 18.3 Å². The molecule has 0 amide bonds. The fraction of sp³-hybridized carbons (Fsp3) is 0.231. The van der Waals surface area contributed by atoms with E-state index >= 15 is 0 Å². The van der Waals surface area contributed by atoms with Crippen LogP contribution in [0.15, 0.2) is 37.4 Å². The van der Waals surface area contributed by atoms with Crippen LogP contribution in [0.4, 0.5) is 0 Å². The van der Waals surface area contributed by atoms with Crippen LogP contribution in [-0.4, -0.2) is 18.5 Å². The monoisotopic (exact) mass is 220 g/mol. The summed E-state index contributed by atoms with van der Waals surface area (Å²) in [7, 11) is 0. The maximum Gasteiger partial charge on any atom is 0.189 e. The summed E-state index contributed by atoms with van der Waals surface area (Å²) < 4.78 is 10.4. The summed E-state index contributed by atoms with van der Waals surface area (Å²) in [5.74, 6) is 0.494. The highest BCUT2D eigenvalue weighted by atomic mass is 16.7. The number of benzene rings is 1. The molecule has 1 aromatic rings. The molecule has 3 heteroatoms. The van der Waals surface area contributed by atoms with Gasteiger partial charge in [-0.1, -0.05) is 24.8 Å². The van der Waals surface area contributed by atoms with Gasteiger partial charge in [-0.3, -0.25) is 0 Å². The zero-order valence-corrected chi connectivity index (χ0v) is 9.19. The van der Waals surface area contributed by atoms with Crippen molar-refractivity contribution in [1.29, 1.82) is 0 Å². The Morgan fingerprint density at radius 1 is 1.31 bits per heavy atom. The van der Waals surface area contributed by atoms with Crippen molar-refractivity contribution in [3.05, 3.63) is 43.0 Å². The maximum atomic E-state index is 9.50. The largest absolute Gasteiger partial charge is 0.504 e. The first-order valence-corrected chi connectivity index (χ1v) is 5.05. The number of rotatable bonds is 7. The molecule has 1 N–H and O–H groups in total. The molecular weight excluding hydrogens is 204 g/mol. The second-order valence-electron chi connectivity index (χ2n) is 3.18. The van der Waals surface area contributed by atoms with E-state index in [2.05, 4.69) is 13.2 Å². The average Bonchev–Trinajstić information content (AvgIpc) is 2.31. The Hall–Kier alpha value is -1.74. The first kappa shape index (κ1) is 12.3. The van der Waals surface area contributed by atoms with Gasteiger partial charge in [-0.2, -0.15) is 0 Å². The van der Waals surface area contributed by atoms with E-state index in [9.17, 15) is 5.11 Å². The molecule has 0 radical (unpaired) electrons. The molecule has 1 rings (SSSR count). The Morgan fingerprint density at radius 2 is 2.12 bits per heavy atom. The van der Waals surface area contributed by atoms with Crippen LogP contribution in [0.25, 0.3) is 6.08 Å². The van der Waals surface area contributed by atoms with E-state index in [1.807, 2.05) is 0 Å². The molecule has 0 saturated carbocycles. The zero-order valence-electron chi connectivity index (χ0n) is 9.19. The van der Waals surface area contributed by atoms with Crippen LogP contribution in [0.2, 0.25) is 0 Å². The molecule has 0 aliphatic carbocycles. The molecule has 0 bridgehead atoms. The number of hydrogen-bond donors (Lipinski definition) is 1. The lowest BCUT2D eigenvalue weighted by molar-refractivity contribution is 0.0163. The van der Waals surface area contributed by atoms with Crippen molar-refractivity contribution in [1.82, 2.24) is 0 Å². The van der Waals surface area contributed by atoms with Crippen LogP contribution in [0.3, 0.4) is 0 Å². The fourth-order valence-corrected chi connectivity index (χ4v) is 1.10. The SMILES string of the molecule is C=CCCOCOc1cc(C=C)ccc1O. The van der Waals surface area contributed by atoms with Gasteiger partial charge in [-0.25, -0.2) is 0 Å². The molecule has 0 fully saturated rings. The van der Waals surface area contributed by atoms with Gasteiger partial charge in [0.25, 0.3) is 0 Å². The first-order valence-electron chi connectivity index (χ1n) is 5.05. The molecule has 0 aromatic heterocycles. The van der Waals surface area contributed by atoms with E-state index in [-0.39, 0.29) is 12.5 Å². The zero-order chi connectivity index (χ0) is 11.8. The van der Waals surface area contributed by atoms with Gasteiger partial charge in [0, 0.05) is 0 Å². The lowest BCUT2D eigenvalue weighted by atomic mass is 10.2.